The lowest BCUT2D eigenvalue weighted by molar-refractivity contribution is -0.118. The summed E-state index contributed by atoms with van der Waals surface area (Å²) in [5.74, 6) is 0.806. The van der Waals surface area contributed by atoms with Gasteiger partial charge < -0.3 is 15.4 Å². The molecule has 2 aliphatic rings. The molecule has 1 aliphatic heterocycles. The maximum absolute atomic E-state index is 12.1. The second-order valence-corrected chi connectivity index (χ2v) is 6.96. The largest absolute Gasteiger partial charge is 0.482 e. The Morgan fingerprint density at radius 3 is 3.20 bits per heavy atom. The highest BCUT2D eigenvalue weighted by molar-refractivity contribution is 7.14. The molecule has 2 heterocycles. The molecule has 6 nitrogen and oxygen atoms in total. The van der Waals surface area contributed by atoms with Gasteiger partial charge in [0.1, 0.15) is 5.75 Å². The molecule has 0 spiro atoms. The number of ether oxygens (including phenoxy) is 1. The van der Waals surface area contributed by atoms with Crippen LogP contribution in [0, 0.1) is 5.92 Å². The molecule has 4 rings (SSSR count). The predicted molar refractivity (Wildman–Crippen MR) is 96.8 cm³/mol. The van der Waals surface area contributed by atoms with Crippen LogP contribution in [0.4, 0.5) is 10.8 Å². The van der Waals surface area contributed by atoms with Crippen molar-refractivity contribution in [2.75, 3.05) is 17.2 Å². The van der Waals surface area contributed by atoms with Gasteiger partial charge in [-0.3, -0.25) is 9.59 Å². The first-order chi connectivity index (χ1) is 12.2. The molecule has 0 unspecified atom stereocenters. The number of carbonyl (C=O) groups excluding carboxylic acids is 2. The van der Waals surface area contributed by atoms with Crippen molar-refractivity contribution in [2.24, 2.45) is 5.92 Å². The lowest BCUT2D eigenvalue weighted by Crippen LogP contribution is -2.25. The molecule has 2 amide bonds. The highest BCUT2D eigenvalue weighted by Gasteiger charge is 2.18. The molecule has 1 aromatic heterocycles. The Labute approximate surface area is 148 Å². The van der Waals surface area contributed by atoms with E-state index in [0.29, 0.717) is 28.9 Å². The van der Waals surface area contributed by atoms with Crippen LogP contribution in [0.2, 0.25) is 0 Å². The van der Waals surface area contributed by atoms with Crippen molar-refractivity contribution in [2.45, 2.75) is 19.3 Å². The molecular formula is C18H17N3O3S. The van der Waals surface area contributed by atoms with Gasteiger partial charge in [0.05, 0.1) is 11.4 Å². The van der Waals surface area contributed by atoms with Gasteiger partial charge in [0.25, 0.3) is 5.91 Å². The molecule has 1 atom stereocenters. The molecule has 1 aromatic carbocycles. The summed E-state index contributed by atoms with van der Waals surface area (Å²) in [6, 6.07) is 5.53. The Hall–Kier alpha value is -2.67. The average molecular weight is 355 g/mol. The highest BCUT2D eigenvalue weighted by Crippen LogP contribution is 2.33. The zero-order valence-corrected chi connectivity index (χ0v) is 14.3. The van der Waals surface area contributed by atoms with Crippen molar-refractivity contribution in [3.05, 3.63) is 35.7 Å². The average Bonchev–Trinajstić information content (AvgIpc) is 3.26. The van der Waals surface area contributed by atoms with Crippen LogP contribution in [0.3, 0.4) is 0 Å². The van der Waals surface area contributed by atoms with E-state index in [1.165, 1.54) is 11.3 Å². The maximum atomic E-state index is 12.1. The van der Waals surface area contributed by atoms with E-state index in [0.717, 1.165) is 24.1 Å². The molecule has 0 radical (unpaired) electrons. The molecule has 0 bridgehead atoms. The van der Waals surface area contributed by atoms with Crippen molar-refractivity contribution in [3.63, 3.8) is 0 Å². The lowest BCUT2D eigenvalue weighted by atomic mass is 10.1. The number of benzene rings is 1. The monoisotopic (exact) mass is 355 g/mol. The third-order valence-corrected chi connectivity index (χ3v) is 4.98. The summed E-state index contributed by atoms with van der Waals surface area (Å²) in [5.41, 5.74) is 2.25. The minimum atomic E-state index is -0.170. The lowest BCUT2D eigenvalue weighted by Gasteiger charge is -2.18. The molecule has 2 aromatic rings. The first-order valence-electron chi connectivity index (χ1n) is 8.16. The fourth-order valence-electron chi connectivity index (χ4n) is 2.98. The number of carbonyl (C=O) groups is 2. The van der Waals surface area contributed by atoms with E-state index in [-0.39, 0.29) is 18.4 Å². The van der Waals surface area contributed by atoms with Crippen LogP contribution in [0.5, 0.6) is 5.75 Å². The van der Waals surface area contributed by atoms with Crippen LogP contribution < -0.4 is 15.4 Å². The molecule has 25 heavy (non-hydrogen) atoms. The summed E-state index contributed by atoms with van der Waals surface area (Å²) in [4.78, 5) is 28.0. The molecule has 0 fully saturated rings. The number of nitrogens with zero attached hydrogens (tertiary/aromatic N) is 1. The number of rotatable bonds is 4. The Bertz CT molecular complexity index is 859. The van der Waals surface area contributed by atoms with Crippen molar-refractivity contribution in [1.82, 2.24) is 4.98 Å². The number of fused-ring (bicyclic) bond motifs is 1. The smallest absolute Gasteiger partial charge is 0.262 e. The number of nitrogens with one attached hydrogen (secondary N) is 2. The van der Waals surface area contributed by atoms with Crippen molar-refractivity contribution >= 4 is 34.0 Å². The summed E-state index contributed by atoms with van der Waals surface area (Å²) >= 11 is 1.39. The number of amides is 2. The number of allylic oxidation sites excluding steroid dienone is 2. The van der Waals surface area contributed by atoms with E-state index < -0.39 is 0 Å². The minimum Gasteiger partial charge on any atom is -0.482 e. The summed E-state index contributed by atoms with van der Waals surface area (Å²) in [7, 11) is 0. The van der Waals surface area contributed by atoms with Gasteiger partial charge in [-0.15, -0.1) is 11.3 Å². The van der Waals surface area contributed by atoms with Crippen molar-refractivity contribution < 1.29 is 14.3 Å². The molecule has 1 aliphatic carbocycles. The third-order valence-electron chi connectivity index (χ3n) is 4.22. The Morgan fingerprint density at radius 1 is 1.44 bits per heavy atom. The topological polar surface area (TPSA) is 80.3 Å². The molecule has 2 N–H and O–H groups in total. The molecule has 0 saturated heterocycles. The first-order valence-corrected chi connectivity index (χ1v) is 9.04. The van der Waals surface area contributed by atoms with Gasteiger partial charge in [0, 0.05) is 17.4 Å². The second kappa shape index (κ2) is 6.68. The van der Waals surface area contributed by atoms with E-state index in [4.69, 9.17) is 4.74 Å². The van der Waals surface area contributed by atoms with Gasteiger partial charge >= 0.3 is 0 Å². The fourth-order valence-corrected chi connectivity index (χ4v) is 3.72. The number of hydrogen-bond donors (Lipinski definition) is 2. The predicted octanol–water partition coefficient (Wildman–Crippen LogP) is 3.44. The van der Waals surface area contributed by atoms with Crippen LogP contribution in [0.25, 0.3) is 11.3 Å². The van der Waals surface area contributed by atoms with Gasteiger partial charge in [0.2, 0.25) is 5.91 Å². The third kappa shape index (κ3) is 3.56. The SMILES string of the molecule is O=C(C[C@@H]1C=CCC1)Nc1nc(-c2ccc3c(c2)NC(=O)CO3)cs1. The zero-order valence-electron chi connectivity index (χ0n) is 13.5. The Morgan fingerprint density at radius 2 is 2.36 bits per heavy atom. The van der Waals surface area contributed by atoms with Crippen LogP contribution in [-0.2, 0) is 9.59 Å². The molecular weight excluding hydrogens is 338 g/mol. The van der Waals surface area contributed by atoms with E-state index in [1.54, 1.807) is 0 Å². The number of aromatic nitrogens is 1. The van der Waals surface area contributed by atoms with Crippen LogP contribution in [0.15, 0.2) is 35.7 Å². The number of anilines is 2. The van der Waals surface area contributed by atoms with Crippen molar-refractivity contribution in [1.29, 1.82) is 0 Å². The number of hydrogen-bond acceptors (Lipinski definition) is 5. The summed E-state index contributed by atoms with van der Waals surface area (Å²) in [6.45, 7) is 0.0371. The highest BCUT2D eigenvalue weighted by atomic mass is 32.1. The van der Waals surface area contributed by atoms with Gasteiger partial charge in [-0.1, -0.05) is 12.2 Å². The molecule has 128 valence electrons. The first kappa shape index (κ1) is 15.8. The summed E-state index contributed by atoms with van der Waals surface area (Å²) < 4.78 is 5.36. The van der Waals surface area contributed by atoms with E-state index in [9.17, 15) is 9.59 Å². The number of thiazole rings is 1. The molecule has 7 heteroatoms. The standard InChI is InChI=1S/C18H17N3O3S/c22-16(7-11-3-1-2-4-11)21-18-20-14(10-25-18)12-5-6-15-13(8-12)19-17(23)9-24-15/h1,3,5-6,8,10-11H,2,4,7,9H2,(H,19,23)(H,20,21,22)/t11-/m1/s1. The van der Waals surface area contributed by atoms with Gasteiger partial charge in [-0.2, -0.15) is 0 Å². The minimum absolute atomic E-state index is 0.0106. The second-order valence-electron chi connectivity index (χ2n) is 6.10. The normalized spacial score (nSPS) is 18.4. The fraction of sp³-hybridized carbons (Fsp3) is 0.278. The van der Waals surface area contributed by atoms with E-state index in [2.05, 4.69) is 27.8 Å². The van der Waals surface area contributed by atoms with Crippen LogP contribution >= 0.6 is 11.3 Å². The summed E-state index contributed by atoms with van der Waals surface area (Å²) in [6.07, 6.45) is 6.82. The quantitative estimate of drug-likeness (QED) is 0.824. The maximum Gasteiger partial charge on any atom is 0.262 e. The van der Waals surface area contributed by atoms with Crippen LogP contribution in [0.1, 0.15) is 19.3 Å². The zero-order chi connectivity index (χ0) is 17.2. The van der Waals surface area contributed by atoms with Crippen molar-refractivity contribution in [3.8, 4) is 17.0 Å². The van der Waals surface area contributed by atoms with Gasteiger partial charge in [-0.05, 0) is 37.0 Å². The Kier molecular flexibility index (Phi) is 4.23. The summed E-state index contributed by atoms with van der Waals surface area (Å²) in [5, 5.41) is 8.12. The molecule has 0 saturated carbocycles. The van der Waals surface area contributed by atoms with E-state index in [1.807, 2.05) is 23.6 Å². The van der Waals surface area contributed by atoms with E-state index >= 15 is 0 Å². The Balaban J connectivity index is 1.45. The van der Waals surface area contributed by atoms with Gasteiger partial charge in [-0.25, -0.2) is 4.98 Å². The van der Waals surface area contributed by atoms with Crippen LogP contribution in [-0.4, -0.2) is 23.4 Å². The van der Waals surface area contributed by atoms with Gasteiger partial charge in [0.15, 0.2) is 11.7 Å².